The third-order valence-electron chi connectivity index (χ3n) is 4.64. The van der Waals surface area contributed by atoms with Crippen molar-refractivity contribution in [2.24, 2.45) is 10.8 Å². The van der Waals surface area contributed by atoms with Gasteiger partial charge in [-0.25, -0.2) is 12.2 Å². The second-order valence-electron chi connectivity index (χ2n) is 9.06. The Hall–Kier alpha value is -0.943. The van der Waals surface area contributed by atoms with E-state index in [1.807, 2.05) is 0 Å². The number of carbonyl (C=O) groups is 4. The number of aliphatic carboxylic acids is 2. The maximum absolute atomic E-state index is 11.4. The number of aliphatic hydroxyl groups excluding tert-OH is 4. The van der Waals surface area contributed by atoms with Crippen molar-refractivity contribution in [2.45, 2.75) is 65.6 Å². The molecule has 12 nitrogen and oxygen atoms in total. The third kappa shape index (κ3) is 25.3. The molecule has 0 aliphatic carbocycles. The van der Waals surface area contributed by atoms with Crippen LogP contribution in [0.3, 0.4) is 0 Å². The van der Waals surface area contributed by atoms with Gasteiger partial charge in [0.1, 0.15) is 12.2 Å². The van der Waals surface area contributed by atoms with Crippen LogP contribution in [0, 0.1) is 17.4 Å². The molecule has 0 aliphatic rings. The van der Waals surface area contributed by atoms with Gasteiger partial charge in [0.05, 0.1) is 13.2 Å². The summed E-state index contributed by atoms with van der Waals surface area (Å²) in [5.41, 5.74) is -1.84. The molecule has 0 saturated carbocycles. The average Bonchev–Trinajstić information content (AvgIpc) is 2.83. The number of hydrogen-bond acceptors (Lipinski definition) is 10. The molecule has 38 heavy (non-hydrogen) atoms. The average molecular weight is 565 g/mol. The second kappa shape index (κ2) is 26.3. The molecule has 0 heterocycles. The van der Waals surface area contributed by atoms with Crippen LogP contribution >= 0.6 is 0 Å². The predicted octanol–water partition coefficient (Wildman–Crippen LogP) is -6.19. The van der Waals surface area contributed by atoms with E-state index in [-0.39, 0.29) is 109 Å². The van der Waals surface area contributed by atoms with E-state index in [0.29, 0.717) is 0 Å². The van der Waals surface area contributed by atoms with Gasteiger partial charge in [-0.05, 0) is 25.7 Å². The monoisotopic (exact) mass is 564 g/mol. The summed E-state index contributed by atoms with van der Waals surface area (Å²) in [6.45, 7) is 14.0. The summed E-state index contributed by atoms with van der Waals surface area (Å²) < 4.78 is 0. The molecule has 0 bridgehead atoms. The molecule has 0 spiro atoms. The number of hydrogen-bond donors (Lipinski definition) is 6. The Morgan fingerprint density at radius 2 is 1.11 bits per heavy atom. The fourth-order valence-electron chi connectivity index (χ4n) is 1.96. The molecule has 2 atom stereocenters. The van der Waals surface area contributed by atoms with E-state index in [2.05, 4.69) is 17.2 Å². The largest absolute Gasteiger partial charge is 2.00 e. The third-order valence-corrected chi connectivity index (χ3v) is 4.64. The van der Waals surface area contributed by atoms with E-state index in [9.17, 15) is 39.6 Å². The van der Waals surface area contributed by atoms with Crippen LogP contribution < -0.4 is 39.7 Å². The first-order chi connectivity index (χ1) is 16.5. The maximum atomic E-state index is 11.4. The van der Waals surface area contributed by atoms with Crippen molar-refractivity contribution in [3.8, 4) is 0 Å². The molecule has 0 saturated heterocycles. The molecule has 0 rings (SSSR count). The van der Waals surface area contributed by atoms with Crippen LogP contribution in [0.2, 0.25) is 0 Å². The summed E-state index contributed by atoms with van der Waals surface area (Å²) in [7, 11) is 0. The SMILES string of the molecule is CC(C)(CO)[C@@H](O)C(=O)NCCCC(=O)[O-].CC(C)(CO)[C@@H](O)C(=O)NCCCC(=O)[O-].[CH-]=CC=C.[Ca+2].[Li+]. The predicted molar refractivity (Wildman–Crippen MR) is 133 cm³/mol. The summed E-state index contributed by atoms with van der Waals surface area (Å²) in [5.74, 6) is -3.58. The Bertz CT molecular complexity index is 648. The number of nitrogens with one attached hydrogen (secondary N) is 2. The summed E-state index contributed by atoms with van der Waals surface area (Å²) in [6.07, 6.45) is 0.501. The zero-order valence-corrected chi connectivity index (χ0v) is 25.4. The fraction of sp³-hybridized carbons (Fsp3) is 0.667. The number of aliphatic hydroxyl groups is 4. The van der Waals surface area contributed by atoms with Gasteiger partial charge in [0.15, 0.2) is 0 Å². The zero-order valence-electron chi connectivity index (χ0n) is 23.2. The van der Waals surface area contributed by atoms with Gasteiger partial charge in [0.2, 0.25) is 11.8 Å². The van der Waals surface area contributed by atoms with Crippen molar-refractivity contribution in [3.05, 3.63) is 25.3 Å². The van der Waals surface area contributed by atoms with Crippen LogP contribution in [0.5, 0.6) is 0 Å². The van der Waals surface area contributed by atoms with Crippen LogP contribution in [-0.2, 0) is 19.2 Å². The van der Waals surface area contributed by atoms with Crippen molar-refractivity contribution in [1.29, 1.82) is 0 Å². The molecule has 6 N–H and O–H groups in total. The number of allylic oxidation sites excluding steroid dienone is 2. The van der Waals surface area contributed by atoms with Crippen LogP contribution in [0.15, 0.2) is 18.7 Å². The molecule has 210 valence electrons. The van der Waals surface area contributed by atoms with Crippen LogP contribution in [0.1, 0.15) is 53.4 Å². The number of carboxylic acid groups (broad SMARTS) is 2. The van der Waals surface area contributed by atoms with Crippen molar-refractivity contribution in [2.75, 3.05) is 26.3 Å². The Kier molecular flexibility index (Phi) is 32.4. The van der Waals surface area contributed by atoms with Gasteiger partial charge in [-0.2, -0.15) is 6.58 Å². The molecule has 0 aromatic heterocycles. The van der Waals surface area contributed by atoms with E-state index in [4.69, 9.17) is 16.8 Å². The van der Waals surface area contributed by atoms with Crippen molar-refractivity contribution < 1.29 is 68.7 Å². The van der Waals surface area contributed by atoms with Gasteiger partial charge in [-0.15, -0.1) is 0 Å². The Morgan fingerprint density at radius 1 is 0.842 bits per heavy atom. The van der Waals surface area contributed by atoms with E-state index in [1.165, 1.54) is 12.2 Å². The first-order valence-corrected chi connectivity index (χ1v) is 11.2. The Balaban J connectivity index is -0.000000160. The Morgan fingerprint density at radius 3 is 1.29 bits per heavy atom. The first kappa shape index (κ1) is 46.9. The molecular weight excluding hydrogens is 523 g/mol. The number of carbonyl (C=O) groups excluding carboxylic acids is 4. The van der Waals surface area contributed by atoms with E-state index < -0.39 is 46.8 Å². The normalized spacial score (nSPS) is 11.7. The van der Waals surface area contributed by atoms with Crippen LogP contribution in [-0.4, -0.2) is 120 Å². The molecule has 2 amide bonds. The van der Waals surface area contributed by atoms with Gasteiger partial charge < -0.3 is 50.9 Å². The minimum Gasteiger partial charge on any atom is -0.550 e. The molecule has 0 aromatic carbocycles. The summed E-state index contributed by atoms with van der Waals surface area (Å²) in [6, 6.07) is 0. The van der Waals surface area contributed by atoms with E-state index >= 15 is 0 Å². The number of amides is 2. The molecule has 0 radical (unpaired) electrons. The molecule has 14 heteroatoms. The van der Waals surface area contributed by atoms with Gasteiger partial charge >= 0.3 is 56.6 Å². The smallest absolute Gasteiger partial charge is 0.550 e. The fourth-order valence-corrected chi connectivity index (χ4v) is 1.96. The van der Waals surface area contributed by atoms with Crippen molar-refractivity contribution in [1.82, 2.24) is 10.6 Å². The standard InChI is InChI=1S/2C10H19NO5.C4H5.Ca.Li/c2*1-10(2,6-12)8(15)9(16)11-5-3-4-7(13)14;1-3-4-2;;/h2*8,12,15H,3-6H2,1-2H3,(H,11,16)(H,13,14);1,3-4H,2H2;;/q;;-1;+2;+1/p-2/t2*8-;;;/m00.../s1. The van der Waals surface area contributed by atoms with Gasteiger partial charge in [-0.1, -0.05) is 27.7 Å². The maximum Gasteiger partial charge on any atom is 2.00 e. The minimum atomic E-state index is -1.32. The van der Waals surface area contributed by atoms with Crippen molar-refractivity contribution >= 4 is 61.5 Å². The van der Waals surface area contributed by atoms with Crippen LogP contribution in [0.25, 0.3) is 0 Å². The number of rotatable bonds is 15. The van der Waals surface area contributed by atoms with Gasteiger partial charge in [-0.3, -0.25) is 16.2 Å². The minimum absolute atomic E-state index is 0. The van der Waals surface area contributed by atoms with Gasteiger partial charge in [0.25, 0.3) is 0 Å². The second-order valence-corrected chi connectivity index (χ2v) is 9.06. The summed E-state index contributed by atoms with van der Waals surface area (Å²) in [4.78, 5) is 42.9. The number of carboxylic acids is 2. The zero-order chi connectivity index (χ0) is 28.9. The summed E-state index contributed by atoms with van der Waals surface area (Å²) in [5, 5.41) is 61.9. The molecule has 0 aliphatic heterocycles. The quantitative estimate of drug-likeness (QED) is 0.0478. The topological polar surface area (TPSA) is 219 Å². The molecule has 0 aromatic rings. The molecule has 0 fully saturated rings. The molecule has 0 unspecified atom stereocenters. The van der Waals surface area contributed by atoms with E-state index in [1.54, 1.807) is 27.7 Å². The summed E-state index contributed by atoms with van der Waals surface area (Å²) >= 11 is 0. The first-order valence-electron chi connectivity index (χ1n) is 11.2. The van der Waals surface area contributed by atoms with E-state index in [0.717, 1.165) is 0 Å². The van der Waals surface area contributed by atoms with Gasteiger partial charge in [0, 0.05) is 35.9 Å². The van der Waals surface area contributed by atoms with Crippen molar-refractivity contribution in [3.63, 3.8) is 0 Å². The molecular formula is C24H41CaLiN2O10. The Labute approximate surface area is 267 Å². The van der Waals surface area contributed by atoms with Crippen LogP contribution in [0.4, 0.5) is 0 Å².